The molecular formula is C30H35F3N6O3. The summed E-state index contributed by atoms with van der Waals surface area (Å²) in [5, 5.41) is 0. The molecule has 0 radical (unpaired) electrons. The Bertz CT molecular complexity index is 1510. The van der Waals surface area contributed by atoms with Crippen LogP contribution in [0.5, 0.6) is 5.88 Å². The highest BCUT2D eigenvalue weighted by Gasteiger charge is 2.50. The zero-order chi connectivity index (χ0) is 30.1. The van der Waals surface area contributed by atoms with E-state index in [0.29, 0.717) is 57.2 Å². The third kappa shape index (κ3) is 5.47. The van der Waals surface area contributed by atoms with Crippen LogP contribution < -0.4 is 20.9 Å². The van der Waals surface area contributed by atoms with Gasteiger partial charge in [-0.15, -0.1) is 0 Å². The second-order valence-electron chi connectivity index (χ2n) is 10.8. The van der Waals surface area contributed by atoms with Crippen molar-refractivity contribution in [3.63, 3.8) is 0 Å². The number of fused-ring (bicyclic) bond motifs is 2. The van der Waals surface area contributed by atoms with Crippen molar-refractivity contribution in [3.8, 4) is 17.1 Å². The third-order valence-electron chi connectivity index (χ3n) is 8.43. The second kappa shape index (κ2) is 11.7. The molecule has 5 heterocycles. The van der Waals surface area contributed by atoms with Gasteiger partial charge in [-0.05, 0) is 49.1 Å². The predicted molar refractivity (Wildman–Crippen MR) is 152 cm³/mol. The van der Waals surface area contributed by atoms with E-state index >= 15 is 0 Å². The number of alkyl halides is 3. The van der Waals surface area contributed by atoms with Crippen molar-refractivity contribution >= 4 is 11.6 Å². The van der Waals surface area contributed by atoms with Crippen LogP contribution in [-0.2, 0) is 22.9 Å². The first kappa shape index (κ1) is 29.6. The van der Waals surface area contributed by atoms with E-state index in [0.717, 1.165) is 22.9 Å². The Kier molecular flexibility index (Phi) is 8.27. The van der Waals surface area contributed by atoms with Crippen molar-refractivity contribution in [2.24, 2.45) is 11.7 Å². The van der Waals surface area contributed by atoms with E-state index in [4.69, 9.17) is 15.5 Å². The van der Waals surface area contributed by atoms with Crippen LogP contribution in [0.25, 0.3) is 11.3 Å². The first-order chi connectivity index (χ1) is 20.1. The van der Waals surface area contributed by atoms with Gasteiger partial charge in [0.25, 0.3) is 0 Å². The van der Waals surface area contributed by atoms with E-state index < -0.39 is 22.8 Å². The molecule has 42 heavy (non-hydrogen) atoms. The number of nitrogens with zero attached hydrogens (tertiary/aromatic N) is 4. The summed E-state index contributed by atoms with van der Waals surface area (Å²) in [7, 11) is 0. The maximum Gasteiger partial charge on any atom is 0.433 e. The van der Waals surface area contributed by atoms with Gasteiger partial charge in [0.2, 0.25) is 17.3 Å². The quantitative estimate of drug-likeness (QED) is 0.429. The van der Waals surface area contributed by atoms with Gasteiger partial charge in [-0.1, -0.05) is 19.4 Å². The Balaban J connectivity index is 1.57. The number of ether oxygens (including phenoxy) is 1. The lowest BCUT2D eigenvalue weighted by atomic mass is 9.62. The van der Waals surface area contributed by atoms with Gasteiger partial charge in [0.1, 0.15) is 5.69 Å². The number of pyridine rings is 3. The monoisotopic (exact) mass is 584 g/mol. The first-order valence-corrected chi connectivity index (χ1v) is 14.2. The summed E-state index contributed by atoms with van der Waals surface area (Å²) in [6, 6.07) is 10.0. The molecule has 9 nitrogen and oxygen atoms in total. The molecule has 1 fully saturated rings. The molecule has 2 atom stereocenters. The van der Waals surface area contributed by atoms with Crippen LogP contribution in [-0.4, -0.2) is 58.5 Å². The number of nitrogens with one attached hydrogen (secondary N) is 1. The van der Waals surface area contributed by atoms with Crippen molar-refractivity contribution in [1.29, 1.82) is 0 Å². The van der Waals surface area contributed by atoms with Crippen LogP contribution in [0.15, 0.2) is 47.4 Å². The lowest BCUT2D eigenvalue weighted by molar-refractivity contribution is -0.141. The van der Waals surface area contributed by atoms with Crippen LogP contribution in [0.3, 0.4) is 0 Å². The zero-order valence-electron chi connectivity index (χ0n) is 23.7. The van der Waals surface area contributed by atoms with Crippen LogP contribution >= 0.6 is 0 Å². The van der Waals surface area contributed by atoms with Crippen molar-refractivity contribution in [2.45, 2.75) is 51.2 Å². The molecule has 0 bridgehead atoms. The number of hydrogen-bond donors (Lipinski definition) is 2. The lowest BCUT2D eigenvalue weighted by Crippen LogP contribution is -2.58. The number of H-pyrrole nitrogens is 1. The van der Waals surface area contributed by atoms with E-state index in [-0.39, 0.29) is 30.5 Å². The molecule has 3 N–H and O–H groups in total. The van der Waals surface area contributed by atoms with Crippen molar-refractivity contribution in [3.05, 3.63) is 69.9 Å². The van der Waals surface area contributed by atoms with Crippen molar-refractivity contribution in [2.75, 3.05) is 37.7 Å². The Morgan fingerprint density at radius 3 is 2.74 bits per heavy atom. The first-order valence-electron chi connectivity index (χ1n) is 14.2. The molecule has 3 aromatic heterocycles. The standard InChI is InChI=1S/C30H35F3N6O3/c1-3-19-16-38(24-9-10-25(40)37-27(24)30(31,32)33)15-12-29(19)18-39(26(41)11-13-34)17-23-21(29)7-8-22(36-23)20-6-5-14-35-28(20)42-4-2/h5-10,14,19H,3-4,11-13,15-18,34H2,1-2H3,(H,37,40). The SMILES string of the molecule is CCOc1ncccc1-c1ccc2c(n1)CN(C(=O)CCN)CC21CCN(c2ccc(=O)[nH]c2C(F)(F)F)CC1CC. The number of hydrogen-bond acceptors (Lipinski definition) is 7. The minimum atomic E-state index is -4.71. The topological polar surface area (TPSA) is 117 Å². The molecule has 2 aliphatic rings. The molecule has 1 spiro atoms. The van der Waals surface area contributed by atoms with Gasteiger partial charge >= 0.3 is 6.18 Å². The molecule has 3 aromatic rings. The molecule has 5 rings (SSSR count). The predicted octanol–water partition coefficient (Wildman–Crippen LogP) is 4.11. The fraction of sp³-hybridized carbons (Fsp3) is 0.467. The number of aromatic nitrogens is 3. The fourth-order valence-electron chi connectivity index (χ4n) is 6.50. The number of halogens is 3. The molecule has 1 amide bonds. The highest BCUT2D eigenvalue weighted by atomic mass is 19.4. The van der Waals surface area contributed by atoms with Gasteiger partial charge in [0.05, 0.1) is 35.8 Å². The van der Waals surface area contributed by atoms with Crippen LogP contribution in [0.1, 0.15) is 50.1 Å². The molecule has 1 saturated heterocycles. The van der Waals surface area contributed by atoms with Gasteiger partial charge in [-0.2, -0.15) is 13.2 Å². The molecule has 12 heteroatoms. The zero-order valence-corrected chi connectivity index (χ0v) is 23.7. The van der Waals surface area contributed by atoms with E-state index in [1.165, 1.54) is 6.07 Å². The molecule has 2 aliphatic heterocycles. The van der Waals surface area contributed by atoms with Gasteiger partial charge in [-0.25, -0.2) is 4.98 Å². The molecule has 0 aliphatic carbocycles. The average Bonchev–Trinajstić information content (AvgIpc) is 2.97. The minimum absolute atomic E-state index is 0.0454. The summed E-state index contributed by atoms with van der Waals surface area (Å²) in [6.07, 6.45) is -1.70. The fourth-order valence-corrected chi connectivity index (χ4v) is 6.50. The molecular weight excluding hydrogens is 549 g/mol. The number of aromatic amines is 1. The Morgan fingerprint density at radius 1 is 1.21 bits per heavy atom. The Labute approximate surface area is 241 Å². The number of carbonyl (C=O) groups excluding carboxylic acids is 1. The molecule has 0 saturated carbocycles. The molecule has 0 aromatic carbocycles. The summed E-state index contributed by atoms with van der Waals surface area (Å²) < 4.78 is 47.4. The molecule has 224 valence electrons. The maximum absolute atomic E-state index is 13.9. The number of carbonyl (C=O) groups is 1. The van der Waals surface area contributed by atoms with E-state index in [1.807, 2.05) is 43.1 Å². The Hall–Kier alpha value is -3.93. The number of amides is 1. The van der Waals surface area contributed by atoms with E-state index in [1.54, 1.807) is 16.0 Å². The number of anilines is 1. The summed E-state index contributed by atoms with van der Waals surface area (Å²) >= 11 is 0. The minimum Gasteiger partial charge on any atom is -0.477 e. The average molecular weight is 585 g/mol. The highest BCUT2D eigenvalue weighted by molar-refractivity contribution is 5.77. The number of rotatable bonds is 7. The lowest BCUT2D eigenvalue weighted by Gasteiger charge is -2.53. The largest absolute Gasteiger partial charge is 0.477 e. The van der Waals surface area contributed by atoms with Gasteiger partial charge in [0, 0.05) is 50.3 Å². The molecule has 2 unspecified atom stereocenters. The summed E-state index contributed by atoms with van der Waals surface area (Å²) in [4.78, 5) is 39.8. The van der Waals surface area contributed by atoms with Gasteiger partial charge in [-0.3, -0.25) is 14.6 Å². The third-order valence-corrected chi connectivity index (χ3v) is 8.43. The second-order valence-corrected chi connectivity index (χ2v) is 10.8. The number of nitrogens with two attached hydrogens (primary N) is 1. The van der Waals surface area contributed by atoms with E-state index in [9.17, 15) is 22.8 Å². The van der Waals surface area contributed by atoms with Crippen LogP contribution in [0, 0.1) is 5.92 Å². The highest BCUT2D eigenvalue weighted by Crippen LogP contribution is 2.48. The van der Waals surface area contributed by atoms with Crippen molar-refractivity contribution in [1.82, 2.24) is 19.9 Å². The summed E-state index contributed by atoms with van der Waals surface area (Å²) in [5.41, 5.74) is 6.49. The number of piperidine rings is 1. The van der Waals surface area contributed by atoms with E-state index in [2.05, 4.69) is 4.98 Å². The van der Waals surface area contributed by atoms with Gasteiger partial charge < -0.3 is 25.3 Å². The van der Waals surface area contributed by atoms with Crippen molar-refractivity contribution < 1.29 is 22.7 Å². The summed E-state index contributed by atoms with van der Waals surface area (Å²) in [5.74, 6) is 0.287. The maximum atomic E-state index is 13.9. The van der Waals surface area contributed by atoms with Gasteiger partial charge in [0.15, 0.2) is 0 Å². The van der Waals surface area contributed by atoms with Crippen LogP contribution in [0.2, 0.25) is 0 Å². The normalized spacial score (nSPS) is 20.5. The van der Waals surface area contributed by atoms with Crippen LogP contribution in [0.4, 0.5) is 18.9 Å². The Morgan fingerprint density at radius 2 is 2.02 bits per heavy atom. The summed E-state index contributed by atoms with van der Waals surface area (Å²) in [6.45, 7) is 5.93. The smallest absolute Gasteiger partial charge is 0.433 e.